The summed E-state index contributed by atoms with van der Waals surface area (Å²) >= 11 is 0. The Morgan fingerprint density at radius 3 is 2.95 bits per heavy atom. The summed E-state index contributed by atoms with van der Waals surface area (Å²) in [7, 11) is 1.40. The topological polar surface area (TPSA) is 76.4 Å². The first-order valence-electron chi connectivity index (χ1n) is 6.55. The van der Waals surface area contributed by atoms with Crippen molar-refractivity contribution in [2.24, 2.45) is 5.92 Å². The monoisotopic (exact) mass is 269 g/mol. The number of aliphatic hydroxyl groups excluding tert-OH is 1. The third-order valence-electron chi connectivity index (χ3n) is 3.21. The van der Waals surface area contributed by atoms with Crippen LogP contribution in [-0.4, -0.2) is 40.6 Å². The molecule has 0 saturated heterocycles. The van der Waals surface area contributed by atoms with Crippen molar-refractivity contribution in [1.29, 1.82) is 0 Å². The van der Waals surface area contributed by atoms with Crippen LogP contribution in [0.3, 0.4) is 0 Å². The fourth-order valence-electron chi connectivity index (χ4n) is 1.83. The summed E-state index contributed by atoms with van der Waals surface area (Å²) in [6.07, 6.45) is 4.48. The van der Waals surface area contributed by atoms with Gasteiger partial charge in [-0.1, -0.05) is 20.3 Å². The fourth-order valence-corrected chi connectivity index (χ4v) is 1.83. The molecule has 108 valence electrons. The predicted octanol–water partition coefficient (Wildman–Crippen LogP) is 0.553. The van der Waals surface area contributed by atoms with Crippen molar-refractivity contribution in [3.05, 3.63) is 18.0 Å². The van der Waals surface area contributed by atoms with E-state index in [0.717, 1.165) is 12.0 Å². The molecule has 0 aromatic carbocycles. The first-order chi connectivity index (χ1) is 9.12. The van der Waals surface area contributed by atoms with E-state index in [9.17, 15) is 4.79 Å². The van der Waals surface area contributed by atoms with Crippen LogP contribution in [0.2, 0.25) is 0 Å². The Labute approximate surface area is 113 Å². The van der Waals surface area contributed by atoms with E-state index < -0.39 is 0 Å². The lowest BCUT2D eigenvalue weighted by Gasteiger charge is -2.21. The zero-order valence-electron chi connectivity index (χ0n) is 11.8. The number of hydrogen-bond acceptors (Lipinski definition) is 5. The first-order valence-corrected chi connectivity index (χ1v) is 6.55. The van der Waals surface area contributed by atoms with Crippen LogP contribution in [0.4, 0.5) is 0 Å². The minimum absolute atomic E-state index is 0.0617. The lowest BCUT2D eigenvalue weighted by atomic mass is 9.99. The van der Waals surface area contributed by atoms with Crippen LogP contribution < -0.4 is 5.32 Å². The molecule has 0 aliphatic rings. The lowest BCUT2D eigenvalue weighted by Crippen LogP contribution is -2.42. The molecular formula is C13H23N3O3. The number of carbonyl (C=O) groups is 1. The Balaban J connectivity index is 2.57. The van der Waals surface area contributed by atoms with Crippen molar-refractivity contribution in [1.82, 2.24) is 15.1 Å². The summed E-state index contributed by atoms with van der Waals surface area (Å²) in [4.78, 5) is 11.7. The highest BCUT2D eigenvalue weighted by Crippen LogP contribution is 2.10. The van der Waals surface area contributed by atoms with Crippen LogP contribution in [-0.2, 0) is 22.6 Å². The van der Waals surface area contributed by atoms with Crippen LogP contribution in [0, 0.1) is 5.92 Å². The van der Waals surface area contributed by atoms with Crippen LogP contribution in [0.25, 0.3) is 0 Å². The molecule has 0 spiro atoms. The fraction of sp³-hybridized carbons (Fsp3) is 0.692. The van der Waals surface area contributed by atoms with Crippen LogP contribution in [0.5, 0.6) is 0 Å². The molecule has 0 fully saturated rings. The Hall–Kier alpha value is -1.40. The first kappa shape index (κ1) is 15.7. The molecule has 1 aromatic heterocycles. The molecule has 6 heteroatoms. The van der Waals surface area contributed by atoms with E-state index >= 15 is 0 Å². The minimum atomic E-state index is -0.309. The van der Waals surface area contributed by atoms with E-state index in [0.29, 0.717) is 13.1 Å². The molecule has 0 radical (unpaired) electrons. The molecule has 1 rings (SSSR count). The molecule has 1 heterocycles. The smallest absolute Gasteiger partial charge is 0.323 e. The van der Waals surface area contributed by atoms with Crippen molar-refractivity contribution in [3.63, 3.8) is 0 Å². The maximum atomic E-state index is 11.7. The Kier molecular flexibility index (Phi) is 6.52. The SMILES string of the molecule is CCC(C)C(NCc1cnn(CCO)c1)C(=O)OC. The highest BCUT2D eigenvalue weighted by molar-refractivity contribution is 5.75. The molecule has 1 aromatic rings. The number of esters is 1. The Morgan fingerprint density at radius 1 is 1.63 bits per heavy atom. The van der Waals surface area contributed by atoms with Gasteiger partial charge in [-0.3, -0.25) is 14.8 Å². The van der Waals surface area contributed by atoms with E-state index in [4.69, 9.17) is 9.84 Å². The number of methoxy groups -OCH3 is 1. The van der Waals surface area contributed by atoms with E-state index in [1.807, 2.05) is 20.0 Å². The highest BCUT2D eigenvalue weighted by Gasteiger charge is 2.24. The van der Waals surface area contributed by atoms with Gasteiger partial charge in [-0.25, -0.2) is 0 Å². The summed E-state index contributed by atoms with van der Waals surface area (Å²) in [6.45, 7) is 5.15. The second kappa shape index (κ2) is 7.91. The largest absolute Gasteiger partial charge is 0.468 e. The minimum Gasteiger partial charge on any atom is -0.468 e. The molecule has 0 saturated carbocycles. The van der Waals surface area contributed by atoms with Crippen molar-refractivity contribution in [3.8, 4) is 0 Å². The Morgan fingerprint density at radius 2 is 2.37 bits per heavy atom. The molecular weight excluding hydrogens is 246 g/mol. The van der Waals surface area contributed by atoms with Gasteiger partial charge < -0.3 is 9.84 Å². The number of rotatable bonds is 8. The zero-order valence-corrected chi connectivity index (χ0v) is 11.8. The summed E-state index contributed by atoms with van der Waals surface area (Å²) in [6, 6.07) is -0.309. The van der Waals surface area contributed by atoms with E-state index in [2.05, 4.69) is 10.4 Å². The van der Waals surface area contributed by atoms with Crippen LogP contribution in [0.15, 0.2) is 12.4 Å². The standard InChI is InChI=1S/C13H23N3O3/c1-4-10(2)12(13(18)19-3)14-7-11-8-15-16(9-11)5-6-17/h8-10,12,14,17H,4-7H2,1-3H3. The lowest BCUT2D eigenvalue weighted by molar-refractivity contribution is -0.144. The molecule has 0 aliphatic carbocycles. The van der Waals surface area contributed by atoms with Gasteiger partial charge in [-0.15, -0.1) is 0 Å². The number of nitrogens with zero attached hydrogens (tertiary/aromatic N) is 2. The number of carbonyl (C=O) groups excluding carboxylic acids is 1. The molecule has 19 heavy (non-hydrogen) atoms. The summed E-state index contributed by atoms with van der Waals surface area (Å²) < 4.78 is 6.49. The average molecular weight is 269 g/mol. The maximum absolute atomic E-state index is 11.7. The average Bonchev–Trinajstić information content (AvgIpc) is 2.86. The molecule has 0 bridgehead atoms. The van der Waals surface area contributed by atoms with E-state index in [-0.39, 0.29) is 24.5 Å². The molecule has 2 unspecified atom stereocenters. The quantitative estimate of drug-likeness (QED) is 0.674. The van der Waals surface area contributed by atoms with Crippen molar-refractivity contribution in [2.75, 3.05) is 13.7 Å². The van der Waals surface area contributed by atoms with Gasteiger partial charge in [0, 0.05) is 18.3 Å². The third kappa shape index (κ3) is 4.65. The van der Waals surface area contributed by atoms with E-state index in [1.165, 1.54) is 7.11 Å². The summed E-state index contributed by atoms with van der Waals surface area (Å²) in [5.41, 5.74) is 0.977. The highest BCUT2D eigenvalue weighted by atomic mass is 16.5. The van der Waals surface area contributed by atoms with Gasteiger partial charge in [0.25, 0.3) is 0 Å². The second-order valence-corrected chi connectivity index (χ2v) is 4.60. The molecule has 0 amide bonds. The van der Waals surface area contributed by atoms with Gasteiger partial charge in [0.15, 0.2) is 0 Å². The number of nitrogens with one attached hydrogen (secondary N) is 1. The second-order valence-electron chi connectivity index (χ2n) is 4.60. The molecule has 0 aliphatic heterocycles. The van der Waals surface area contributed by atoms with Crippen molar-refractivity contribution < 1.29 is 14.6 Å². The van der Waals surface area contributed by atoms with Crippen LogP contribution in [0.1, 0.15) is 25.8 Å². The van der Waals surface area contributed by atoms with Crippen molar-refractivity contribution in [2.45, 2.75) is 39.4 Å². The molecule has 6 nitrogen and oxygen atoms in total. The zero-order chi connectivity index (χ0) is 14.3. The predicted molar refractivity (Wildman–Crippen MR) is 71.4 cm³/mol. The Bertz CT molecular complexity index is 392. The number of hydrogen-bond donors (Lipinski definition) is 2. The van der Waals surface area contributed by atoms with Crippen LogP contribution >= 0.6 is 0 Å². The van der Waals surface area contributed by atoms with Gasteiger partial charge in [0.1, 0.15) is 6.04 Å². The van der Waals surface area contributed by atoms with Gasteiger partial charge in [0.2, 0.25) is 0 Å². The van der Waals surface area contributed by atoms with E-state index in [1.54, 1.807) is 10.9 Å². The van der Waals surface area contributed by atoms with Gasteiger partial charge in [-0.05, 0) is 5.92 Å². The number of aromatic nitrogens is 2. The number of ether oxygens (including phenoxy) is 1. The summed E-state index contributed by atoms with van der Waals surface area (Å²) in [5.74, 6) is -0.0305. The maximum Gasteiger partial charge on any atom is 0.323 e. The number of aliphatic hydroxyl groups is 1. The molecule has 2 N–H and O–H groups in total. The van der Waals surface area contributed by atoms with Gasteiger partial charge in [-0.2, -0.15) is 5.10 Å². The normalized spacial score (nSPS) is 14.1. The molecule has 2 atom stereocenters. The van der Waals surface area contributed by atoms with Crippen molar-refractivity contribution >= 4 is 5.97 Å². The summed E-state index contributed by atoms with van der Waals surface area (Å²) in [5, 5.41) is 16.1. The van der Waals surface area contributed by atoms with Gasteiger partial charge >= 0.3 is 5.97 Å². The third-order valence-corrected chi connectivity index (χ3v) is 3.21. The van der Waals surface area contributed by atoms with Gasteiger partial charge in [0.05, 0.1) is 26.5 Å².